The molecule has 144 valence electrons. The summed E-state index contributed by atoms with van der Waals surface area (Å²) in [7, 11) is 0. The topological polar surface area (TPSA) is 101 Å². The van der Waals surface area contributed by atoms with Crippen molar-refractivity contribution in [2.45, 2.75) is 33.3 Å². The average Bonchev–Trinajstić information content (AvgIpc) is 3.21. The van der Waals surface area contributed by atoms with E-state index in [1.54, 1.807) is 18.2 Å². The van der Waals surface area contributed by atoms with Crippen LogP contribution in [-0.2, 0) is 13.0 Å². The van der Waals surface area contributed by atoms with Gasteiger partial charge in [0.2, 0.25) is 0 Å². The first-order valence-corrected chi connectivity index (χ1v) is 9.07. The first kappa shape index (κ1) is 19.3. The Bertz CT molecular complexity index is 964. The summed E-state index contributed by atoms with van der Waals surface area (Å²) in [6.45, 7) is 3.83. The molecular formula is C21H22N4O3. The predicted octanol–water partition coefficient (Wildman–Crippen LogP) is 3.81. The van der Waals surface area contributed by atoms with E-state index < -0.39 is 0 Å². The number of H-pyrrole nitrogens is 1. The van der Waals surface area contributed by atoms with Gasteiger partial charge in [0, 0.05) is 5.56 Å². The molecule has 0 aliphatic heterocycles. The Balaban J connectivity index is 1.70. The maximum absolute atomic E-state index is 11.7. The van der Waals surface area contributed by atoms with Crippen molar-refractivity contribution in [1.29, 1.82) is 0 Å². The normalized spacial score (nSPS) is 11.1. The van der Waals surface area contributed by atoms with E-state index in [4.69, 9.17) is 4.74 Å². The molecule has 0 fully saturated rings. The van der Waals surface area contributed by atoms with Gasteiger partial charge in [-0.1, -0.05) is 43.7 Å². The van der Waals surface area contributed by atoms with E-state index in [1.807, 2.05) is 37.3 Å². The number of hydrogen-bond donors (Lipinski definition) is 2. The van der Waals surface area contributed by atoms with Crippen LogP contribution in [0.15, 0.2) is 36.4 Å². The number of hydrogen-bond acceptors (Lipinski definition) is 6. The zero-order valence-electron chi connectivity index (χ0n) is 15.8. The number of aromatic hydroxyl groups is 1. The molecule has 28 heavy (non-hydrogen) atoms. The van der Waals surface area contributed by atoms with Crippen LogP contribution in [0.4, 0.5) is 0 Å². The number of phenolic OH excluding ortho intramolecular Hbond substituents is 1. The number of Topliss-reactive ketones (excluding diaryl/α,β-unsaturated/α-hetero) is 1. The fourth-order valence-electron chi connectivity index (χ4n) is 2.83. The second kappa shape index (κ2) is 8.94. The van der Waals surface area contributed by atoms with Gasteiger partial charge in [0.25, 0.3) is 0 Å². The summed E-state index contributed by atoms with van der Waals surface area (Å²) in [5.74, 6) is 0.981. The highest BCUT2D eigenvalue weighted by molar-refractivity contribution is 5.97. The summed E-state index contributed by atoms with van der Waals surface area (Å²) in [5, 5.41) is 24.0. The fraction of sp³-hybridized carbons (Fsp3) is 0.238. The molecule has 0 unspecified atom stereocenters. The van der Waals surface area contributed by atoms with E-state index in [2.05, 4.69) is 20.6 Å². The van der Waals surface area contributed by atoms with Gasteiger partial charge in [0.1, 0.15) is 18.1 Å². The van der Waals surface area contributed by atoms with Crippen molar-refractivity contribution in [3.8, 4) is 11.5 Å². The summed E-state index contributed by atoms with van der Waals surface area (Å²) in [6, 6.07) is 11.2. The molecule has 0 saturated carbocycles. The number of carbonyl (C=O) groups is 1. The lowest BCUT2D eigenvalue weighted by molar-refractivity contribution is 0.101. The lowest BCUT2D eigenvalue weighted by atomic mass is 10.0. The Hall–Kier alpha value is -3.48. The summed E-state index contributed by atoms with van der Waals surface area (Å²) >= 11 is 0. The number of ether oxygens (including phenoxy) is 1. The lowest BCUT2D eigenvalue weighted by Crippen LogP contribution is -2.02. The molecule has 2 N–H and O–H groups in total. The van der Waals surface area contributed by atoms with Gasteiger partial charge in [-0.25, -0.2) is 0 Å². The highest BCUT2D eigenvalue weighted by Crippen LogP contribution is 2.33. The molecule has 0 bridgehead atoms. The van der Waals surface area contributed by atoms with Gasteiger partial charge in [0.15, 0.2) is 11.6 Å². The van der Waals surface area contributed by atoms with Gasteiger partial charge in [-0.2, -0.15) is 5.21 Å². The number of carbonyl (C=O) groups excluding carboxylic acids is 1. The molecule has 7 heteroatoms. The molecule has 3 rings (SSSR count). The Labute approximate surface area is 163 Å². The van der Waals surface area contributed by atoms with Crippen LogP contribution in [0.2, 0.25) is 0 Å². The number of nitrogens with zero attached hydrogens (tertiary/aromatic N) is 3. The highest BCUT2D eigenvalue weighted by atomic mass is 16.5. The van der Waals surface area contributed by atoms with Crippen LogP contribution >= 0.6 is 0 Å². The highest BCUT2D eigenvalue weighted by Gasteiger charge is 2.15. The largest absolute Gasteiger partial charge is 0.507 e. The third-order valence-corrected chi connectivity index (χ3v) is 4.28. The summed E-state index contributed by atoms with van der Waals surface area (Å²) < 4.78 is 5.93. The van der Waals surface area contributed by atoms with Crippen LogP contribution in [0.3, 0.4) is 0 Å². The number of rotatable bonds is 8. The van der Waals surface area contributed by atoms with E-state index in [1.165, 1.54) is 6.92 Å². The minimum Gasteiger partial charge on any atom is -0.507 e. The number of aromatic nitrogens is 4. The first-order chi connectivity index (χ1) is 13.6. The smallest absolute Gasteiger partial charge is 0.197 e. The van der Waals surface area contributed by atoms with Crippen molar-refractivity contribution in [2.24, 2.45) is 0 Å². The zero-order chi connectivity index (χ0) is 19.9. The molecule has 0 radical (unpaired) electrons. The molecule has 0 aliphatic rings. The molecule has 0 atom stereocenters. The van der Waals surface area contributed by atoms with Crippen molar-refractivity contribution in [3.05, 3.63) is 64.5 Å². The molecule has 3 aromatic rings. The van der Waals surface area contributed by atoms with Crippen molar-refractivity contribution < 1.29 is 14.6 Å². The molecule has 0 spiro atoms. The monoisotopic (exact) mass is 378 g/mol. The molecule has 0 amide bonds. The van der Waals surface area contributed by atoms with Gasteiger partial charge < -0.3 is 9.84 Å². The van der Waals surface area contributed by atoms with Gasteiger partial charge in [-0.15, -0.1) is 10.2 Å². The van der Waals surface area contributed by atoms with E-state index in [-0.39, 0.29) is 11.5 Å². The second-order valence-corrected chi connectivity index (χ2v) is 6.38. The summed E-state index contributed by atoms with van der Waals surface area (Å²) in [4.78, 5) is 11.7. The zero-order valence-corrected chi connectivity index (χ0v) is 15.8. The lowest BCUT2D eigenvalue weighted by Gasteiger charge is -2.14. The van der Waals surface area contributed by atoms with Crippen molar-refractivity contribution in [2.75, 3.05) is 0 Å². The Morgan fingerprint density at radius 2 is 1.96 bits per heavy atom. The van der Waals surface area contributed by atoms with Crippen LogP contribution in [0.25, 0.3) is 12.2 Å². The van der Waals surface area contributed by atoms with Crippen molar-refractivity contribution in [1.82, 2.24) is 20.6 Å². The maximum Gasteiger partial charge on any atom is 0.197 e. The van der Waals surface area contributed by atoms with Gasteiger partial charge in [0.05, 0.1) is 5.56 Å². The summed E-state index contributed by atoms with van der Waals surface area (Å²) in [5.41, 5.74) is 3.00. The third kappa shape index (κ3) is 4.62. The molecule has 2 aromatic carbocycles. The number of ketones is 1. The quantitative estimate of drug-likeness (QED) is 0.578. The van der Waals surface area contributed by atoms with Crippen molar-refractivity contribution >= 4 is 17.9 Å². The fourth-order valence-corrected chi connectivity index (χ4v) is 2.83. The standard InChI is InChI=1S/C21H22N4O3/c1-3-4-18-19(11-10-17(14(2)26)21(18)27)28-13-16-7-5-15(6-8-16)9-12-20-22-24-25-23-20/h5-12,27H,3-4,13H2,1-2H3,(H,22,23,24,25)/b12-9+. The maximum atomic E-state index is 11.7. The average molecular weight is 378 g/mol. The van der Waals surface area contributed by atoms with Gasteiger partial charge in [-0.3, -0.25) is 4.79 Å². The second-order valence-electron chi connectivity index (χ2n) is 6.38. The molecule has 0 saturated heterocycles. The predicted molar refractivity (Wildman–Crippen MR) is 106 cm³/mol. The molecular weight excluding hydrogens is 356 g/mol. The van der Waals surface area contributed by atoms with Crippen LogP contribution in [0, 0.1) is 0 Å². The Kier molecular flexibility index (Phi) is 6.16. The number of phenols is 1. The van der Waals surface area contributed by atoms with E-state index in [0.29, 0.717) is 35.7 Å². The van der Waals surface area contributed by atoms with E-state index >= 15 is 0 Å². The Morgan fingerprint density at radius 3 is 2.61 bits per heavy atom. The van der Waals surface area contributed by atoms with Crippen LogP contribution in [-0.4, -0.2) is 31.5 Å². The van der Waals surface area contributed by atoms with Crippen LogP contribution in [0.1, 0.15) is 53.1 Å². The Morgan fingerprint density at radius 1 is 1.18 bits per heavy atom. The van der Waals surface area contributed by atoms with Gasteiger partial charge in [-0.05, 0) is 47.9 Å². The van der Waals surface area contributed by atoms with E-state index in [0.717, 1.165) is 17.5 Å². The summed E-state index contributed by atoms with van der Waals surface area (Å²) in [6.07, 6.45) is 5.15. The third-order valence-electron chi connectivity index (χ3n) is 4.28. The molecule has 1 heterocycles. The van der Waals surface area contributed by atoms with Crippen molar-refractivity contribution in [3.63, 3.8) is 0 Å². The first-order valence-electron chi connectivity index (χ1n) is 9.07. The minimum absolute atomic E-state index is 0.0220. The van der Waals surface area contributed by atoms with Crippen LogP contribution in [0.5, 0.6) is 11.5 Å². The molecule has 7 nitrogen and oxygen atoms in total. The number of aromatic amines is 1. The SMILES string of the molecule is CCCc1c(OCc2ccc(/C=C/c3nn[nH]n3)cc2)ccc(C(C)=O)c1O. The van der Waals surface area contributed by atoms with Gasteiger partial charge >= 0.3 is 0 Å². The van der Waals surface area contributed by atoms with Crippen LogP contribution < -0.4 is 4.74 Å². The number of benzene rings is 2. The number of nitrogens with one attached hydrogen (secondary N) is 1. The number of tetrazole rings is 1. The molecule has 1 aromatic heterocycles. The van der Waals surface area contributed by atoms with E-state index in [9.17, 15) is 9.90 Å². The minimum atomic E-state index is -0.161. The molecule has 0 aliphatic carbocycles.